The molecule has 0 aliphatic heterocycles. The highest BCUT2D eigenvalue weighted by Crippen LogP contribution is 2.50. The molecular formula is C17H19F6NO2. The highest BCUT2D eigenvalue weighted by Gasteiger charge is 2.71. The number of carbonyl (C=O) groups excluding carboxylic acids is 1. The predicted molar refractivity (Wildman–Crippen MR) is 84.5 cm³/mol. The Kier molecular flexibility index (Phi) is 6.51. The summed E-state index contributed by atoms with van der Waals surface area (Å²) in [5, 5.41) is 9.38. The summed E-state index contributed by atoms with van der Waals surface area (Å²) in [6.07, 6.45) is -10.1. The van der Waals surface area contributed by atoms with Crippen molar-refractivity contribution in [1.29, 1.82) is 0 Å². The Bertz CT molecular complexity index is 643. The van der Waals surface area contributed by atoms with E-state index in [1.54, 1.807) is 20.8 Å². The summed E-state index contributed by atoms with van der Waals surface area (Å²) < 4.78 is 77.4. The van der Waals surface area contributed by atoms with Gasteiger partial charge in [-0.05, 0) is 32.4 Å². The molecule has 1 aromatic rings. The van der Waals surface area contributed by atoms with Crippen molar-refractivity contribution >= 4 is 11.6 Å². The molecule has 0 atom stereocenters. The van der Waals surface area contributed by atoms with E-state index in [2.05, 4.69) is 0 Å². The Hall–Kier alpha value is -2.03. The van der Waals surface area contributed by atoms with Gasteiger partial charge in [-0.15, -0.1) is 0 Å². The van der Waals surface area contributed by atoms with Crippen LogP contribution >= 0.6 is 0 Å². The van der Waals surface area contributed by atoms with Crippen LogP contribution in [0.25, 0.3) is 0 Å². The van der Waals surface area contributed by atoms with Gasteiger partial charge in [0, 0.05) is 23.9 Å². The van der Waals surface area contributed by atoms with Crippen LogP contribution in [-0.2, 0) is 10.4 Å². The largest absolute Gasteiger partial charge is 0.430 e. The molecule has 0 saturated carbocycles. The highest BCUT2D eigenvalue weighted by molar-refractivity contribution is 6.01. The first kappa shape index (κ1) is 22.0. The fraction of sp³-hybridized carbons (Fsp3) is 0.471. The Morgan fingerprint density at radius 2 is 1.50 bits per heavy atom. The fourth-order valence-corrected chi connectivity index (χ4v) is 2.29. The third-order valence-electron chi connectivity index (χ3n) is 3.54. The van der Waals surface area contributed by atoms with Crippen molar-refractivity contribution in [3.05, 3.63) is 41.5 Å². The van der Waals surface area contributed by atoms with Gasteiger partial charge >= 0.3 is 12.4 Å². The summed E-state index contributed by atoms with van der Waals surface area (Å²) in [7, 11) is 0. The number of rotatable bonds is 5. The number of allylic oxidation sites excluding steroid dienone is 1. The van der Waals surface area contributed by atoms with Gasteiger partial charge in [0.15, 0.2) is 0 Å². The summed E-state index contributed by atoms with van der Waals surface area (Å²) in [5.41, 5.74) is -5.54. The lowest BCUT2D eigenvalue weighted by molar-refractivity contribution is -0.376. The van der Waals surface area contributed by atoms with Crippen LogP contribution in [-0.4, -0.2) is 29.9 Å². The minimum atomic E-state index is -5.95. The van der Waals surface area contributed by atoms with Crippen LogP contribution in [0.3, 0.4) is 0 Å². The summed E-state index contributed by atoms with van der Waals surface area (Å²) in [4.78, 5) is 13.4. The molecule has 26 heavy (non-hydrogen) atoms. The van der Waals surface area contributed by atoms with E-state index >= 15 is 0 Å². The van der Waals surface area contributed by atoms with Gasteiger partial charge < -0.3 is 10.0 Å². The average molecular weight is 383 g/mol. The SMILES string of the molecule is CCCN(C(=O)C=C(C)C)c1ccc(C(O)(C(F)(F)F)C(F)(F)F)cc1. The molecular weight excluding hydrogens is 364 g/mol. The van der Waals surface area contributed by atoms with Crippen molar-refractivity contribution in [2.24, 2.45) is 0 Å². The molecule has 1 amide bonds. The van der Waals surface area contributed by atoms with Crippen LogP contribution in [0.15, 0.2) is 35.9 Å². The van der Waals surface area contributed by atoms with Gasteiger partial charge in [0.25, 0.3) is 11.5 Å². The van der Waals surface area contributed by atoms with Gasteiger partial charge in [-0.25, -0.2) is 0 Å². The third-order valence-corrected chi connectivity index (χ3v) is 3.54. The zero-order valence-corrected chi connectivity index (χ0v) is 14.4. The van der Waals surface area contributed by atoms with E-state index in [9.17, 15) is 36.2 Å². The van der Waals surface area contributed by atoms with E-state index in [1.165, 1.54) is 11.0 Å². The van der Waals surface area contributed by atoms with E-state index in [1.807, 2.05) is 0 Å². The number of hydrogen-bond donors (Lipinski definition) is 1. The monoisotopic (exact) mass is 383 g/mol. The number of carbonyl (C=O) groups is 1. The zero-order chi connectivity index (χ0) is 20.3. The Labute approximate surface area is 146 Å². The number of alkyl halides is 6. The highest BCUT2D eigenvalue weighted by atomic mass is 19.4. The van der Waals surface area contributed by atoms with Gasteiger partial charge in [-0.1, -0.05) is 24.6 Å². The topological polar surface area (TPSA) is 40.5 Å². The molecule has 0 bridgehead atoms. The lowest BCUT2D eigenvalue weighted by Gasteiger charge is -2.33. The normalized spacial score (nSPS) is 12.7. The van der Waals surface area contributed by atoms with Gasteiger partial charge in [0.1, 0.15) is 0 Å². The third kappa shape index (κ3) is 4.38. The van der Waals surface area contributed by atoms with Crippen LogP contribution in [0, 0.1) is 0 Å². The van der Waals surface area contributed by atoms with Gasteiger partial charge in [-0.2, -0.15) is 26.3 Å². The van der Waals surface area contributed by atoms with E-state index < -0.39 is 29.4 Å². The maximum atomic E-state index is 12.9. The number of benzene rings is 1. The molecule has 146 valence electrons. The second-order valence-electron chi connectivity index (χ2n) is 5.96. The number of anilines is 1. The van der Waals surface area contributed by atoms with Crippen molar-refractivity contribution in [2.75, 3.05) is 11.4 Å². The summed E-state index contributed by atoms with van der Waals surface area (Å²) in [5.74, 6) is -0.443. The molecule has 1 N–H and O–H groups in total. The first-order valence-electron chi connectivity index (χ1n) is 7.68. The molecule has 0 heterocycles. The van der Waals surface area contributed by atoms with Crippen LogP contribution in [0.5, 0.6) is 0 Å². The summed E-state index contributed by atoms with van der Waals surface area (Å²) in [6, 6.07) is 2.94. The fourth-order valence-electron chi connectivity index (χ4n) is 2.29. The molecule has 0 aliphatic rings. The molecule has 9 heteroatoms. The molecule has 3 nitrogen and oxygen atoms in total. The Morgan fingerprint density at radius 3 is 1.85 bits per heavy atom. The molecule has 0 aliphatic carbocycles. The molecule has 0 radical (unpaired) electrons. The maximum Gasteiger partial charge on any atom is 0.430 e. The van der Waals surface area contributed by atoms with Crippen LogP contribution < -0.4 is 4.90 Å². The standard InChI is InChI=1S/C17H19F6NO2/c1-4-9-24(14(25)10-11(2)3)13-7-5-12(6-8-13)15(26,16(18,19)20)17(21,22)23/h5-8,10,26H,4,9H2,1-3H3. The maximum absolute atomic E-state index is 12.9. The predicted octanol–water partition coefficient (Wildman–Crippen LogP) is 4.71. The molecule has 0 saturated heterocycles. The van der Waals surface area contributed by atoms with E-state index in [0.717, 1.165) is 12.1 Å². The van der Waals surface area contributed by atoms with E-state index in [-0.39, 0.29) is 12.2 Å². The van der Waals surface area contributed by atoms with Crippen molar-refractivity contribution in [3.63, 3.8) is 0 Å². The van der Waals surface area contributed by atoms with Crippen LogP contribution in [0.1, 0.15) is 32.8 Å². The Morgan fingerprint density at radius 1 is 1.04 bits per heavy atom. The first-order valence-corrected chi connectivity index (χ1v) is 7.68. The zero-order valence-electron chi connectivity index (χ0n) is 14.4. The van der Waals surface area contributed by atoms with Crippen molar-refractivity contribution in [3.8, 4) is 0 Å². The van der Waals surface area contributed by atoms with Crippen molar-refractivity contribution < 1.29 is 36.2 Å². The van der Waals surface area contributed by atoms with Crippen molar-refractivity contribution in [2.45, 2.75) is 45.1 Å². The summed E-state index contributed by atoms with van der Waals surface area (Å²) >= 11 is 0. The molecule has 0 aromatic heterocycles. The first-order chi connectivity index (χ1) is 11.8. The number of halogens is 6. The quantitative estimate of drug-likeness (QED) is 0.591. The van der Waals surface area contributed by atoms with Gasteiger partial charge in [0.2, 0.25) is 0 Å². The number of aliphatic hydroxyl groups is 1. The minimum absolute atomic E-state index is 0.129. The molecule has 1 aromatic carbocycles. The van der Waals surface area contributed by atoms with Crippen LogP contribution in [0.4, 0.5) is 32.0 Å². The summed E-state index contributed by atoms with van der Waals surface area (Å²) in [6.45, 7) is 5.35. The van der Waals surface area contributed by atoms with E-state index in [0.29, 0.717) is 24.1 Å². The molecule has 0 fully saturated rings. The Balaban J connectivity index is 3.35. The second kappa shape index (κ2) is 7.69. The lowest BCUT2D eigenvalue weighted by Crippen LogP contribution is -2.53. The van der Waals surface area contributed by atoms with E-state index in [4.69, 9.17) is 0 Å². The number of nitrogens with zero attached hydrogens (tertiary/aromatic N) is 1. The smallest absolute Gasteiger partial charge is 0.369 e. The molecule has 0 unspecified atom stereocenters. The molecule has 0 spiro atoms. The number of amides is 1. The molecule has 1 rings (SSSR count). The van der Waals surface area contributed by atoms with Crippen LogP contribution in [0.2, 0.25) is 0 Å². The number of hydrogen-bond acceptors (Lipinski definition) is 2. The minimum Gasteiger partial charge on any atom is -0.369 e. The second-order valence-corrected chi connectivity index (χ2v) is 5.96. The van der Waals surface area contributed by atoms with Crippen molar-refractivity contribution in [1.82, 2.24) is 0 Å². The van der Waals surface area contributed by atoms with Gasteiger partial charge in [0.05, 0.1) is 0 Å². The average Bonchev–Trinajstić information content (AvgIpc) is 2.49. The van der Waals surface area contributed by atoms with Gasteiger partial charge in [-0.3, -0.25) is 4.79 Å². The lowest BCUT2D eigenvalue weighted by atomic mass is 9.92.